The van der Waals surface area contributed by atoms with Crippen LogP contribution in [0.3, 0.4) is 0 Å². The van der Waals surface area contributed by atoms with E-state index in [0.717, 1.165) is 18.7 Å². The van der Waals surface area contributed by atoms with E-state index >= 15 is 0 Å². The number of likely N-dealkylation sites (tertiary alicyclic amines) is 1. The summed E-state index contributed by atoms with van der Waals surface area (Å²) in [4.78, 5) is 18.3. The van der Waals surface area contributed by atoms with Crippen molar-refractivity contribution in [3.05, 3.63) is 35.4 Å². The van der Waals surface area contributed by atoms with Crippen molar-refractivity contribution >= 4 is 35.8 Å². The maximum absolute atomic E-state index is 11.7. The molecule has 1 aromatic carbocycles. The van der Waals surface area contributed by atoms with Crippen molar-refractivity contribution in [3.8, 4) is 0 Å². The lowest BCUT2D eigenvalue weighted by atomic mass is 10.0. The second kappa shape index (κ2) is 9.75. The molecule has 1 atom stereocenters. The maximum Gasteiger partial charge on any atom is 0.251 e. The second-order valence-electron chi connectivity index (χ2n) is 5.92. The Morgan fingerprint density at radius 3 is 2.70 bits per heavy atom. The molecule has 0 aromatic heterocycles. The van der Waals surface area contributed by atoms with Gasteiger partial charge in [0.05, 0.1) is 6.54 Å². The lowest BCUT2D eigenvalue weighted by Crippen LogP contribution is -2.43. The molecule has 2 rings (SSSR count). The molecule has 1 aliphatic heterocycles. The fraction of sp³-hybridized carbons (Fsp3) is 0.529. The number of carbonyl (C=O) groups excluding carboxylic acids is 1. The Kier molecular flexibility index (Phi) is 8.36. The molecule has 6 heteroatoms. The van der Waals surface area contributed by atoms with Crippen molar-refractivity contribution in [2.45, 2.75) is 33.2 Å². The molecule has 128 valence electrons. The first-order valence-electron chi connectivity index (χ1n) is 8.02. The lowest BCUT2D eigenvalue weighted by molar-refractivity contribution is 0.0956. The number of nitrogens with two attached hydrogens (primary N) is 1. The molecule has 0 aliphatic carbocycles. The van der Waals surface area contributed by atoms with E-state index in [-0.39, 0.29) is 29.9 Å². The molecule has 1 saturated heterocycles. The van der Waals surface area contributed by atoms with Gasteiger partial charge in [0.1, 0.15) is 0 Å². The molecule has 5 nitrogen and oxygen atoms in total. The lowest BCUT2D eigenvalue weighted by Gasteiger charge is -2.31. The molecule has 1 amide bonds. The highest BCUT2D eigenvalue weighted by Gasteiger charge is 2.17. The van der Waals surface area contributed by atoms with Crippen molar-refractivity contribution < 1.29 is 4.79 Å². The number of aliphatic imine (C=N–C) groups is 1. The van der Waals surface area contributed by atoms with E-state index in [9.17, 15) is 4.79 Å². The smallest absolute Gasteiger partial charge is 0.251 e. The molecule has 0 spiro atoms. The van der Waals surface area contributed by atoms with E-state index in [4.69, 9.17) is 5.73 Å². The van der Waals surface area contributed by atoms with E-state index < -0.39 is 0 Å². The van der Waals surface area contributed by atoms with Crippen molar-refractivity contribution in [1.29, 1.82) is 0 Å². The van der Waals surface area contributed by atoms with Crippen LogP contribution in [0.15, 0.2) is 29.3 Å². The number of carbonyl (C=O) groups is 1. The molecule has 1 unspecified atom stereocenters. The van der Waals surface area contributed by atoms with E-state index in [1.807, 2.05) is 31.2 Å². The summed E-state index contributed by atoms with van der Waals surface area (Å²) in [5.41, 5.74) is 7.82. The monoisotopic (exact) mass is 430 g/mol. The van der Waals surface area contributed by atoms with Crippen LogP contribution in [-0.2, 0) is 6.54 Å². The Morgan fingerprint density at radius 2 is 2.09 bits per heavy atom. The third-order valence-electron chi connectivity index (χ3n) is 3.96. The highest BCUT2D eigenvalue weighted by atomic mass is 127. The number of piperidine rings is 1. The minimum absolute atomic E-state index is 0. The maximum atomic E-state index is 11.7. The highest BCUT2D eigenvalue weighted by Crippen LogP contribution is 2.15. The third kappa shape index (κ3) is 6.01. The average Bonchev–Trinajstić information content (AvgIpc) is 2.53. The van der Waals surface area contributed by atoms with Crippen LogP contribution in [0.1, 0.15) is 42.6 Å². The summed E-state index contributed by atoms with van der Waals surface area (Å²) >= 11 is 0. The molecule has 1 fully saturated rings. The first-order chi connectivity index (χ1) is 10.6. The summed E-state index contributed by atoms with van der Waals surface area (Å²) in [6.45, 7) is 7.33. The summed E-state index contributed by atoms with van der Waals surface area (Å²) in [6, 6.07) is 7.52. The van der Waals surface area contributed by atoms with Crippen LogP contribution < -0.4 is 11.1 Å². The Morgan fingerprint density at radius 1 is 1.39 bits per heavy atom. The molecular formula is C17H27IN4O. The predicted molar refractivity (Wildman–Crippen MR) is 105 cm³/mol. The van der Waals surface area contributed by atoms with Crippen LogP contribution in [-0.4, -0.2) is 36.4 Å². The minimum Gasteiger partial charge on any atom is -0.370 e. The Balaban J connectivity index is 0.00000264. The van der Waals surface area contributed by atoms with Crippen LogP contribution in [0.4, 0.5) is 0 Å². The normalized spacial score (nSPS) is 18.3. The quantitative estimate of drug-likeness (QED) is 0.438. The zero-order valence-corrected chi connectivity index (χ0v) is 16.2. The standard InChI is InChI=1S/C17H26N4O.HI/c1-3-19-16(22)15-8-6-14(7-9-15)11-20-17(18)21-10-4-5-13(2)12-21;/h6-9,13H,3-5,10-12H2,1-2H3,(H2,18,20)(H,19,22);1H. The molecule has 1 aromatic rings. The van der Waals surface area contributed by atoms with E-state index in [2.05, 4.69) is 22.1 Å². The SMILES string of the molecule is CCNC(=O)c1ccc(CN=C(N)N2CCCC(C)C2)cc1.I. The van der Waals surface area contributed by atoms with E-state index in [0.29, 0.717) is 30.5 Å². The number of hydrogen-bond donors (Lipinski definition) is 2. The first-order valence-corrected chi connectivity index (χ1v) is 8.02. The first kappa shape index (κ1) is 19.7. The molecule has 1 heterocycles. The fourth-order valence-corrected chi connectivity index (χ4v) is 2.69. The van der Waals surface area contributed by atoms with Gasteiger partial charge in [-0.1, -0.05) is 19.1 Å². The molecule has 1 aliphatic rings. The van der Waals surface area contributed by atoms with Gasteiger partial charge in [-0.05, 0) is 43.4 Å². The predicted octanol–water partition coefficient (Wildman–Crippen LogP) is 2.60. The fourth-order valence-electron chi connectivity index (χ4n) is 2.69. The van der Waals surface area contributed by atoms with Gasteiger partial charge >= 0.3 is 0 Å². The highest BCUT2D eigenvalue weighted by molar-refractivity contribution is 14.0. The molecule has 0 radical (unpaired) electrons. The number of hydrogen-bond acceptors (Lipinski definition) is 2. The van der Waals surface area contributed by atoms with Gasteiger partial charge in [-0.2, -0.15) is 0 Å². The van der Waals surface area contributed by atoms with Crippen LogP contribution in [0.2, 0.25) is 0 Å². The Hall–Kier alpha value is -1.31. The van der Waals surface area contributed by atoms with Gasteiger partial charge in [-0.25, -0.2) is 4.99 Å². The van der Waals surface area contributed by atoms with Crippen molar-refractivity contribution in [1.82, 2.24) is 10.2 Å². The summed E-state index contributed by atoms with van der Waals surface area (Å²) in [5, 5.41) is 2.79. The van der Waals surface area contributed by atoms with Gasteiger partial charge in [0.15, 0.2) is 5.96 Å². The molecule has 0 bridgehead atoms. The zero-order valence-electron chi connectivity index (χ0n) is 13.9. The van der Waals surface area contributed by atoms with E-state index in [1.54, 1.807) is 0 Å². The average molecular weight is 430 g/mol. The largest absolute Gasteiger partial charge is 0.370 e. The number of benzene rings is 1. The molecule has 23 heavy (non-hydrogen) atoms. The van der Waals surface area contributed by atoms with Gasteiger partial charge in [-0.3, -0.25) is 4.79 Å². The van der Waals surface area contributed by atoms with Crippen molar-refractivity contribution in [2.75, 3.05) is 19.6 Å². The van der Waals surface area contributed by atoms with Gasteiger partial charge in [0.2, 0.25) is 0 Å². The van der Waals surface area contributed by atoms with Crippen LogP contribution in [0, 0.1) is 5.92 Å². The van der Waals surface area contributed by atoms with Crippen LogP contribution in [0.25, 0.3) is 0 Å². The zero-order chi connectivity index (χ0) is 15.9. The summed E-state index contributed by atoms with van der Waals surface area (Å²) in [7, 11) is 0. The number of rotatable bonds is 4. The Bertz CT molecular complexity index is 530. The molecule has 3 N–H and O–H groups in total. The minimum atomic E-state index is -0.0423. The number of guanidine groups is 1. The number of nitrogens with zero attached hydrogens (tertiary/aromatic N) is 2. The topological polar surface area (TPSA) is 70.7 Å². The number of nitrogens with one attached hydrogen (secondary N) is 1. The second-order valence-corrected chi connectivity index (χ2v) is 5.92. The van der Waals surface area contributed by atoms with Gasteiger partial charge in [-0.15, -0.1) is 24.0 Å². The Labute approximate surface area is 155 Å². The van der Waals surface area contributed by atoms with Gasteiger partial charge in [0, 0.05) is 25.2 Å². The summed E-state index contributed by atoms with van der Waals surface area (Å²) in [6.07, 6.45) is 2.45. The third-order valence-corrected chi connectivity index (χ3v) is 3.96. The van der Waals surface area contributed by atoms with Gasteiger partial charge in [0.25, 0.3) is 5.91 Å². The summed E-state index contributed by atoms with van der Waals surface area (Å²) in [5.74, 6) is 1.26. The van der Waals surface area contributed by atoms with Crippen molar-refractivity contribution in [3.63, 3.8) is 0 Å². The van der Waals surface area contributed by atoms with Crippen LogP contribution >= 0.6 is 24.0 Å². The van der Waals surface area contributed by atoms with Crippen LogP contribution in [0.5, 0.6) is 0 Å². The van der Waals surface area contributed by atoms with E-state index in [1.165, 1.54) is 12.8 Å². The molecule has 0 saturated carbocycles. The van der Waals surface area contributed by atoms with Crippen molar-refractivity contribution in [2.24, 2.45) is 16.6 Å². The number of amides is 1. The molecular weight excluding hydrogens is 403 g/mol. The van der Waals surface area contributed by atoms with Gasteiger partial charge < -0.3 is 16.0 Å². The number of halogens is 1. The summed E-state index contributed by atoms with van der Waals surface area (Å²) < 4.78 is 0.